The van der Waals surface area contributed by atoms with Crippen molar-refractivity contribution in [1.82, 2.24) is 4.90 Å². The van der Waals surface area contributed by atoms with Gasteiger partial charge >= 0.3 is 0 Å². The largest absolute Gasteiger partial charge is 0.496 e. The van der Waals surface area contributed by atoms with Gasteiger partial charge in [0.1, 0.15) is 12.3 Å². The molecule has 0 radical (unpaired) electrons. The Labute approximate surface area is 187 Å². The molecule has 3 rings (SSSR count). The summed E-state index contributed by atoms with van der Waals surface area (Å²) >= 11 is 3.35. The lowest BCUT2D eigenvalue weighted by Gasteiger charge is -2.28. The summed E-state index contributed by atoms with van der Waals surface area (Å²) in [7, 11) is -2.44. The number of hydrogen-bond donors (Lipinski definition) is 0. The molecule has 1 fully saturated rings. The zero-order valence-corrected chi connectivity index (χ0v) is 19.7. The van der Waals surface area contributed by atoms with Gasteiger partial charge in [-0.3, -0.25) is 9.10 Å². The van der Waals surface area contributed by atoms with Crippen LogP contribution < -0.4 is 9.04 Å². The van der Waals surface area contributed by atoms with Gasteiger partial charge in [-0.25, -0.2) is 8.42 Å². The first-order chi connectivity index (χ1) is 14.3. The Morgan fingerprint density at radius 3 is 2.27 bits per heavy atom. The first kappa shape index (κ1) is 22.6. The molecule has 0 N–H and O–H groups in total. The minimum atomic E-state index is -3.96. The molecule has 0 unspecified atom stereocenters. The highest BCUT2D eigenvalue weighted by Gasteiger charge is 2.29. The third kappa shape index (κ3) is 5.16. The number of ether oxygens (including phenoxy) is 1. The standard InChI is InChI=1S/C22H27BrN2O4S/c1-17-7-9-18(10-8-17)25(16-22(26)24-13-5-3-4-6-14-24)30(27,28)19-11-12-21(29-2)20(23)15-19/h7-12,15H,3-6,13-14,16H2,1-2H3. The van der Waals surface area contributed by atoms with E-state index >= 15 is 0 Å². The SMILES string of the molecule is COc1ccc(S(=O)(=O)N(CC(=O)N2CCCCCC2)c2ccc(C)cc2)cc1Br. The molecule has 30 heavy (non-hydrogen) atoms. The van der Waals surface area contributed by atoms with Gasteiger partial charge in [0.05, 0.1) is 22.2 Å². The summed E-state index contributed by atoms with van der Waals surface area (Å²) in [6.45, 7) is 3.06. The van der Waals surface area contributed by atoms with Crippen molar-refractivity contribution in [3.8, 4) is 5.75 Å². The minimum absolute atomic E-state index is 0.0967. The third-order valence-electron chi connectivity index (χ3n) is 5.27. The molecule has 1 amide bonds. The van der Waals surface area contributed by atoms with E-state index in [9.17, 15) is 13.2 Å². The highest BCUT2D eigenvalue weighted by atomic mass is 79.9. The van der Waals surface area contributed by atoms with Crippen molar-refractivity contribution in [3.05, 3.63) is 52.5 Å². The summed E-state index contributed by atoms with van der Waals surface area (Å²) in [5, 5.41) is 0. The van der Waals surface area contributed by atoms with Gasteiger partial charge in [-0.2, -0.15) is 0 Å². The molecule has 0 saturated carbocycles. The monoisotopic (exact) mass is 494 g/mol. The third-order valence-corrected chi connectivity index (χ3v) is 7.66. The van der Waals surface area contributed by atoms with E-state index in [2.05, 4.69) is 15.9 Å². The average molecular weight is 495 g/mol. The van der Waals surface area contributed by atoms with E-state index in [0.717, 1.165) is 31.2 Å². The van der Waals surface area contributed by atoms with E-state index in [1.165, 1.54) is 23.5 Å². The molecule has 1 aliphatic rings. The smallest absolute Gasteiger partial charge is 0.264 e. The van der Waals surface area contributed by atoms with Crippen LogP contribution in [0.15, 0.2) is 51.8 Å². The van der Waals surface area contributed by atoms with Crippen molar-refractivity contribution in [2.75, 3.05) is 31.0 Å². The second kappa shape index (κ2) is 9.83. The number of methoxy groups -OCH3 is 1. The zero-order valence-electron chi connectivity index (χ0n) is 17.3. The van der Waals surface area contributed by atoms with Crippen LogP contribution in [0, 0.1) is 6.92 Å². The van der Waals surface area contributed by atoms with E-state index in [-0.39, 0.29) is 17.3 Å². The predicted octanol–water partition coefficient (Wildman–Crippen LogP) is 4.36. The maximum absolute atomic E-state index is 13.5. The van der Waals surface area contributed by atoms with Crippen LogP contribution in [-0.2, 0) is 14.8 Å². The van der Waals surface area contributed by atoms with E-state index in [1.54, 1.807) is 23.1 Å². The molecule has 6 nitrogen and oxygen atoms in total. The van der Waals surface area contributed by atoms with E-state index < -0.39 is 10.0 Å². The number of sulfonamides is 1. The van der Waals surface area contributed by atoms with Crippen molar-refractivity contribution in [3.63, 3.8) is 0 Å². The molecule has 8 heteroatoms. The predicted molar refractivity (Wildman–Crippen MR) is 121 cm³/mol. The Morgan fingerprint density at radius 2 is 1.70 bits per heavy atom. The number of anilines is 1. The molecular weight excluding hydrogens is 468 g/mol. The highest BCUT2D eigenvalue weighted by Crippen LogP contribution is 2.31. The lowest BCUT2D eigenvalue weighted by Crippen LogP contribution is -2.43. The first-order valence-electron chi connectivity index (χ1n) is 10.0. The highest BCUT2D eigenvalue weighted by molar-refractivity contribution is 9.10. The summed E-state index contributed by atoms with van der Waals surface area (Å²) in [4.78, 5) is 14.9. The Hall–Kier alpha value is -2.06. The fourth-order valence-corrected chi connectivity index (χ4v) is 5.64. The molecule has 0 spiro atoms. The van der Waals surface area contributed by atoms with Crippen LogP contribution in [0.1, 0.15) is 31.2 Å². The lowest BCUT2D eigenvalue weighted by molar-refractivity contribution is -0.129. The van der Waals surface area contributed by atoms with E-state index in [1.807, 2.05) is 19.1 Å². The Balaban J connectivity index is 1.97. The van der Waals surface area contributed by atoms with Gasteiger partial charge < -0.3 is 9.64 Å². The van der Waals surface area contributed by atoms with Crippen LogP contribution in [0.25, 0.3) is 0 Å². The van der Waals surface area contributed by atoms with E-state index in [4.69, 9.17) is 4.74 Å². The van der Waals surface area contributed by atoms with Gasteiger partial charge in [-0.15, -0.1) is 0 Å². The van der Waals surface area contributed by atoms with Gasteiger partial charge in [0.2, 0.25) is 5.91 Å². The maximum atomic E-state index is 13.5. The Morgan fingerprint density at radius 1 is 1.07 bits per heavy atom. The molecule has 1 heterocycles. The fraction of sp³-hybridized carbons (Fsp3) is 0.409. The summed E-state index contributed by atoms with van der Waals surface area (Å²) in [6, 6.07) is 11.8. The van der Waals surface area contributed by atoms with Crippen LogP contribution in [0.2, 0.25) is 0 Å². The quantitative estimate of drug-likeness (QED) is 0.597. The van der Waals surface area contributed by atoms with Crippen LogP contribution in [0.3, 0.4) is 0 Å². The van der Waals surface area contributed by atoms with Crippen LogP contribution >= 0.6 is 15.9 Å². The number of carbonyl (C=O) groups is 1. The summed E-state index contributed by atoms with van der Waals surface area (Å²) in [5.41, 5.74) is 1.48. The normalized spacial score (nSPS) is 14.8. The van der Waals surface area contributed by atoms with Crippen LogP contribution in [0.5, 0.6) is 5.75 Å². The number of nitrogens with zero attached hydrogens (tertiary/aromatic N) is 2. The first-order valence-corrected chi connectivity index (χ1v) is 12.3. The fourth-order valence-electron chi connectivity index (χ4n) is 3.50. The van der Waals surface area contributed by atoms with Crippen molar-refractivity contribution < 1.29 is 17.9 Å². The van der Waals surface area contributed by atoms with Crippen molar-refractivity contribution in [2.24, 2.45) is 0 Å². The zero-order chi connectivity index (χ0) is 21.7. The number of amides is 1. The van der Waals surface area contributed by atoms with Crippen molar-refractivity contribution >= 4 is 37.5 Å². The molecule has 162 valence electrons. The van der Waals surface area contributed by atoms with Gasteiger partial charge in [0, 0.05) is 13.1 Å². The molecule has 0 atom stereocenters. The maximum Gasteiger partial charge on any atom is 0.264 e. The molecule has 2 aromatic rings. The lowest BCUT2D eigenvalue weighted by atomic mass is 10.2. The minimum Gasteiger partial charge on any atom is -0.496 e. The van der Waals surface area contributed by atoms with Gasteiger partial charge in [-0.1, -0.05) is 30.5 Å². The number of benzene rings is 2. The molecule has 1 aliphatic heterocycles. The van der Waals surface area contributed by atoms with Gasteiger partial charge in [0.25, 0.3) is 10.0 Å². The molecule has 0 bridgehead atoms. The number of rotatable bonds is 6. The second-order valence-electron chi connectivity index (χ2n) is 7.44. The van der Waals surface area contributed by atoms with Gasteiger partial charge in [-0.05, 0) is 66.0 Å². The molecular formula is C22H27BrN2O4S. The number of aryl methyl sites for hydroxylation is 1. The topological polar surface area (TPSA) is 66.9 Å². The number of carbonyl (C=O) groups excluding carboxylic acids is 1. The molecule has 0 aromatic heterocycles. The van der Waals surface area contributed by atoms with Gasteiger partial charge in [0.15, 0.2) is 0 Å². The summed E-state index contributed by atoms with van der Waals surface area (Å²) in [6.07, 6.45) is 4.11. The molecule has 0 aliphatic carbocycles. The number of likely N-dealkylation sites (tertiary alicyclic amines) is 1. The van der Waals surface area contributed by atoms with Crippen molar-refractivity contribution in [1.29, 1.82) is 0 Å². The molecule has 2 aromatic carbocycles. The van der Waals surface area contributed by atoms with Crippen LogP contribution in [0.4, 0.5) is 5.69 Å². The van der Waals surface area contributed by atoms with Crippen LogP contribution in [-0.4, -0.2) is 46.0 Å². The number of hydrogen-bond acceptors (Lipinski definition) is 4. The molecule has 1 saturated heterocycles. The Kier molecular flexibility index (Phi) is 7.41. The average Bonchev–Trinajstić information content (AvgIpc) is 3.02. The second-order valence-corrected chi connectivity index (χ2v) is 10.2. The Bertz CT molecular complexity index is 985. The van der Waals surface area contributed by atoms with E-state index in [0.29, 0.717) is 29.0 Å². The summed E-state index contributed by atoms with van der Waals surface area (Å²) in [5.74, 6) is 0.366. The summed E-state index contributed by atoms with van der Waals surface area (Å²) < 4.78 is 34.0. The number of halogens is 1. The van der Waals surface area contributed by atoms with Crippen molar-refractivity contribution in [2.45, 2.75) is 37.5 Å².